The van der Waals surface area contributed by atoms with E-state index in [0.29, 0.717) is 29.6 Å². The number of aromatic nitrogens is 4. The van der Waals surface area contributed by atoms with Crippen LogP contribution in [0.3, 0.4) is 0 Å². The number of nitrogens with zero attached hydrogens (tertiary/aromatic N) is 5. The summed E-state index contributed by atoms with van der Waals surface area (Å²) in [6, 6.07) is 10.7. The van der Waals surface area contributed by atoms with Crippen molar-refractivity contribution in [3.05, 3.63) is 60.2 Å². The van der Waals surface area contributed by atoms with Crippen LogP contribution >= 0.6 is 0 Å². The number of hydrazine groups is 2. The zero-order valence-electron chi connectivity index (χ0n) is 14.1. The minimum atomic E-state index is 0.0718. The monoisotopic (exact) mass is 364 g/mol. The van der Waals surface area contributed by atoms with Gasteiger partial charge in [0.1, 0.15) is 17.8 Å². The molecule has 0 fully saturated rings. The molecule has 4 aromatic rings. The minimum absolute atomic E-state index is 0.0718. The summed E-state index contributed by atoms with van der Waals surface area (Å²) < 4.78 is 8.86. The quantitative estimate of drug-likeness (QED) is 0.435. The predicted octanol–water partition coefficient (Wildman–Crippen LogP) is 1.73. The number of benzene rings is 1. The van der Waals surface area contributed by atoms with Gasteiger partial charge in [-0.05, 0) is 30.2 Å². The lowest BCUT2D eigenvalue weighted by atomic mass is 10.1. The Bertz CT molecular complexity index is 1160. The van der Waals surface area contributed by atoms with E-state index in [0.717, 1.165) is 12.0 Å². The number of fused-ring (bicyclic) bond motifs is 3. The van der Waals surface area contributed by atoms with Gasteiger partial charge in [-0.25, -0.2) is 4.98 Å². The molecule has 0 spiro atoms. The Morgan fingerprint density at radius 2 is 2.00 bits per heavy atom. The van der Waals surface area contributed by atoms with Crippen LogP contribution in [-0.4, -0.2) is 24.3 Å². The molecule has 1 aromatic carbocycles. The van der Waals surface area contributed by atoms with Crippen molar-refractivity contribution in [3.63, 3.8) is 0 Å². The highest BCUT2D eigenvalue weighted by atomic mass is 16.4. The van der Waals surface area contributed by atoms with Crippen LogP contribution in [0, 0.1) is 5.41 Å². The van der Waals surface area contributed by atoms with Crippen LogP contribution in [0.15, 0.2) is 53.4 Å². The number of phenolic OH excluding ortho intramolecular Hbond substituents is 1. The summed E-state index contributed by atoms with van der Waals surface area (Å²) >= 11 is 0. The lowest BCUT2D eigenvalue weighted by molar-refractivity contribution is 0.475. The topological polar surface area (TPSA) is 120 Å². The molecule has 10 heteroatoms. The first-order valence-electron chi connectivity index (χ1n) is 8.37. The first kappa shape index (κ1) is 15.3. The lowest BCUT2D eigenvalue weighted by Gasteiger charge is -2.13. The van der Waals surface area contributed by atoms with Gasteiger partial charge in [-0.15, -0.1) is 0 Å². The molecule has 1 aliphatic rings. The van der Waals surface area contributed by atoms with Gasteiger partial charge < -0.3 is 9.52 Å². The Labute approximate surface area is 152 Å². The maximum Gasteiger partial charge on any atom is 0.245 e. The molecule has 0 aliphatic carbocycles. The van der Waals surface area contributed by atoms with Crippen LogP contribution in [0.4, 0.5) is 17.4 Å². The van der Waals surface area contributed by atoms with Gasteiger partial charge in [-0.1, -0.05) is 12.1 Å². The number of aryl methyl sites for hydroxylation is 2. The third kappa shape index (κ3) is 2.54. The van der Waals surface area contributed by atoms with Crippen LogP contribution in [0.5, 0.6) is 5.75 Å². The molecule has 5 rings (SSSR count). The molecule has 0 unspecified atom stereocenters. The van der Waals surface area contributed by atoms with Crippen molar-refractivity contribution < 1.29 is 9.52 Å². The molecule has 3 aromatic heterocycles. The third-order valence-corrected chi connectivity index (χ3v) is 4.38. The molecule has 0 atom stereocenters. The van der Waals surface area contributed by atoms with Gasteiger partial charge in [0.2, 0.25) is 11.5 Å². The Morgan fingerprint density at radius 3 is 2.78 bits per heavy atom. The van der Waals surface area contributed by atoms with Crippen molar-refractivity contribution in [2.75, 3.05) is 16.0 Å². The van der Waals surface area contributed by atoms with E-state index in [1.807, 2.05) is 16.8 Å². The normalized spacial score (nSPS) is 12.8. The first-order chi connectivity index (χ1) is 13.2. The number of phenols is 1. The van der Waals surface area contributed by atoms with Gasteiger partial charge in [0.25, 0.3) is 0 Å². The third-order valence-electron chi connectivity index (χ3n) is 4.38. The molecule has 4 N–H and O–H groups in total. The Hall–Kier alpha value is -3.95. The van der Waals surface area contributed by atoms with Gasteiger partial charge in [0.15, 0.2) is 11.5 Å². The van der Waals surface area contributed by atoms with Gasteiger partial charge in [-0.3, -0.25) is 20.9 Å². The number of furan rings is 1. The Balaban J connectivity index is 1.46. The summed E-state index contributed by atoms with van der Waals surface area (Å²) in [5, 5.41) is 19.3. The van der Waals surface area contributed by atoms with E-state index in [9.17, 15) is 5.11 Å². The highest BCUT2D eigenvalue weighted by Gasteiger charge is 2.26. The van der Waals surface area contributed by atoms with Crippen molar-refractivity contribution in [2.45, 2.75) is 13.0 Å². The molecule has 4 heterocycles. The number of rotatable bonds is 4. The molecule has 1 aliphatic heterocycles. The molecule has 136 valence electrons. The molecule has 0 saturated heterocycles. The molecule has 10 nitrogen and oxygen atoms in total. The van der Waals surface area contributed by atoms with Crippen LogP contribution in [0.1, 0.15) is 5.56 Å². The molecule has 27 heavy (non-hydrogen) atoms. The largest absolute Gasteiger partial charge is 0.508 e. The maximum atomic E-state index is 9.39. The second-order valence-electron chi connectivity index (χ2n) is 6.13. The van der Waals surface area contributed by atoms with Crippen LogP contribution in [-0.2, 0) is 13.0 Å². The van der Waals surface area contributed by atoms with Gasteiger partial charge in [0, 0.05) is 12.6 Å². The fraction of sp³-hybridized carbons (Fsp3) is 0.118. The maximum absolute atomic E-state index is 9.39. The molecule has 0 amide bonds. The molecule has 0 saturated carbocycles. The number of anilines is 3. The average molecular weight is 364 g/mol. The van der Waals surface area contributed by atoms with Crippen molar-refractivity contribution >= 4 is 23.0 Å². The van der Waals surface area contributed by atoms with Crippen LogP contribution in [0.2, 0.25) is 0 Å². The van der Waals surface area contributed by atoms with Crippen LogP contribution in [0.25, 0.3) is 5.65 Å². The van der Waals surface area contributed by atoms with E-state index in [1.165, 1.54) is 0 Å². The SMILES string of the molecule is N=c1nc2c(c3ncn(CCc4ccc(O)cc4)n13)NN(c1ccco1)N2. The molecular formula is C17H16N8O2. The summed E-state index contributed by atoms with van der Waals surface area (Å²) in [6.45, 7) is 0.619. The van der Waals surface area contributed by atoms with E-state index in [-0.39, 0.29) is 11.4 Å². The second-order valence-corrected chi connectivity index (χ2v) is 6.13. The summed E-state index contributed by atoms with van der Waals surface area (Å²) in [4.78, 5) is 8.78. The average Bonchev–Trinajstić information content (AvgIpc) is 3.40. The summed E-state index contributed by atoms with van der Waals surface area (Å²) in [5.41, 5.74) is 8.63. The fourth-order valence-corrected chi connectivity index (χ4v) is 3.06. The van der Waals surface area contributed by atoms with Crippen molar-refractivity contribution in [1.82, 2.24) is 19.2 Å². The van der Waals surface area contributed by atoms with Crippen molar-refractivity contribution in [3.8, 4) is 5.75 Å². The predicted molar refractivity (Wildman–Crippen MR) is 97.1 cm³/mol. The van der Waals surface area contributed by atoms with Crippen LogP contribution < -0.4 is 21.6 Å². The van der Waals surface area contributed by atoms with E-state index < -0.39 is 0 Å². The number of aromatic hydroxyl groups is 1. The smallest absolute Gasteiger partial charge is 0.245 e. The number of nitrogens with one attached hydrogen (secondary N) is 3. The van der Waals surface area contributed by atoms with E-state index in [4.69, 9.17) is 9.83 Å². The highest BCUT2D eigenvalue weighted by molar-refractivity contribution is 5.85. The second kappa shape index (κ2) is 5.80. The molecule has 0 radical (unpaired) electrons. The van der Waals surface area contributed by atoms with E-state index in [2.05, 4.69) is 20.8 Å². The zero-order valence-corrected chi connectivity index (χ0v) is 14.1. The van der Waals surface area contributed by atoms with E-state index >= 15 is 0 Å². The van der Waals surface area contributed by atoms with Gasteiger partial charge >= 0.3 is 0 Å². The summed E-state index contributed by atoms with van der Waals surface area (Å²) in [6.07, 6.45) is 4.00. The Morgan fingerprint density at radius 1 is 1.15 bits per heavy atom. The summed E-state index contributed by atoms with van der Waals surface area (Å²) in [7, 11) is 0. The highest BCUT2D eigenvalue weighted by Crippen LogP contribution is 2.31. The van der Waals surface area contributed by atoms with Gasteiger partial charge in [-0.2, -0.15) is 14.6 Å². The van der Waals surface area contributed by atoms with Crippen molar-refractivity contribution in [1.29, 1.82) is 5.41 Å². The fourth-order valence-electron chi connectivity index (χ4n) is 3.06. The van der Waals surface area contributed by atoms with E-state index in [1.54, 1.807) is 46.5 Å². The minimum Gasteiger partial charge on any atom is -0.508 e. The number of hydrogen-bond donors (Lipinski definition) is 4. The molecular weight excluding hydrogens is 348 g/mol. The standard InChI is InChI=1S/C17H16N8O2/c18-17-20-15-14(21-25(22-15)13-2-1-9-27-13)16-19-10-23(24(16)17)8-7-11-3-5-12(26)6-4-11/h1-6,9-10,21,26H,7-8H2,(H2,18,20,22). The first-order valence-corrected chi connectivity index (χ1v) is 8.37. The zero-order chi connectivity index (χ0) is 18.4. The van der Waals surface area contributed by atoms with Gasteiger partial charge in [0.05, 0.1) is 6.26 Å². The van der Waals surface area contributed by atoms with Crippen molar-refractivity contribution in [2.24, 2.45) is 0 Å². The lowest BCUT2D eigenvalue weighted by Crippen LogP contribution is -2.29. The number of hydrogen-bond acceptors (Lipinski definition) is 8. The molecule has 0 bridgehead atoms. The Kier molecular flexibility index (Phi) is 3.29. The summed E-state index contributed by atoms with van der Waals surface area (Å²) in [5.74, 6) is 1.33.